The van der Waals surface area contributed by atoms with E-state index in [1.807, 2.05) is 6.07 Å². The third-order valence-corrected chi connectivity index (χ3v) is 7.09. The van der Waals surface area contributed by atoms with Crippen LogP contribution in [0.1, 0.15) is 30.7 Å². The van der Waals surface area contributed by atoms with Crippen molar-refractivity contribution in [3.8, 4) is 28.6 Å². The third-order valence-electron chi connectivity index (χ3n) is 7.09. The maximum absolute atomic E-state index is 13.2. The van der Waals surface area contributed by atoms with Gasteiger partial charge in [-0.05, 0) is 37.5 Å². The Hall–Kier alpha value is -4.10. The lowest BCUT2D eigenvalue weighted by Gasteiger charge is -2.30. The average Bonchev–Trinajstić information content (AvgIpc) is 3.24. The zero-order valence-corrected chi connectivity index (χ0v) is 21.8. The molecule has 1 atom stereocenters. The Morgan fingerprint density at radius 3 is 2.49 bits per heavy atom. The maximum atomic E-state index is 13.2. The second-order valence-electron chi connectivity index (χ2n) is 9.85. The van der Waals surface area contributed by atoms with Gasteiger partial charge in [0.05, 0.1) is 17.0 Å². The SMILES string of the molecule is N#Cc1cc(-c2ccnc(-c3cnc(C4(O)CCCN(O)CC4)nc3)c2)n(OC(=O)C(F)(F)F)c1N1CCNCC1. The number of nitrogens with one attached hydrogen (secondary N) is 1. The van der Waals surface area contributed by atoms with Crippen molar-refractivity contribution >= 4 is 11.8 Å². The van der Waals surface area contributed by atoms with Gasteiger partial charge in [-0.1, -0.05) is 0 Å². The number of hydroxylamine groups is 2. The summed E-state index contributed by atoms with van der Waals surface area (Å²) in [7, 11) is 0. The number of carbonyl (C=O) groups excluding carboxylic acids is 1. The van der Waals surface area contributed by atoms with Crippen molar-refractivity contribution in [2.75, 3.05) is 44.2 Å². The fourth-order valence-corrected chi connectivity index (χ4v) is 4.95. The Balaban J connectivity index is 1.51. The molecule has 0 aliphatic carbocycles. The predicted octanol–water partition coefficient (Wildman–Crippen LogP) is 1.87. The molecular weight excluding hydrogens is 545 g/mol. The summed E-state index contributed by atoms with van der Waals surface area (Å²) in [5.41, 5.74) is -0.0540. The van der Waals surface area contributed by atoms with Gasteiger partial charge in [-0.15, -0.1) is 0 Å². The van der Waals surface area contributed by atoms with E-state index in [-0.39, 0.29) is 35.9 Å². The number of anilines is 1. The molecule has 216 valence electrons. The number of halogens is 3. The number of hydrogen-bond acceptors (Lipinski definition) is 11. The van der Waals surface area contributed by atoms with Crippen molar-refractivity contribution in [1.29, 1.82) is 5.26 Å². The van der Waals surface area contributed by atoms with Gasteiger partial charge in [-0.2, -0.15) is 28.2 Å². The molecule has 3 aromatic rings. The van der Waals surface area contributed by atoms with Crippen LogP contribution >= 0.6 is 0 Å². The van der Waals surface area contributed by atoms with E-state index in [9.17, 15) is 33.5 Å². The Kier molecular flexibility index (Phi) is 7.91. The highest BCUT2D eigenvalue weighted by Crippen LogP contribution is 2.34. The fourth-order valence-electron chi connectivity index (χ4n) is 4.95. The highest BCUT2D eigenvalue weighted by molar-refractivity contribution is 5.79. The molecule has 1 unspecified atom stereocenters. The molecular formula is C26H27F3N8O4. The highest BCUT2D eigenvalue weighted by atomic mass is 19.4. The second-order valence-corrected chi connectivity index (χ2v) is 9.85. The molecule has 3 N–H and O–H groups in total. The summed E-state index contributed by atoms with van der Waals surface area (Å²) < 4.78 is 40.4. The summed E-state index contributed by atoms with van der Waals surface area (Å²) >= 11 is 0. The number of piperazine rings is 1. The molecule has 0 bridgehead atoms. The molecule has 0 spiro atoms. The number of aliphatic hydroxyl groups is 1. The molecule has 12 nitrogen and oxygen atoms in total. The van der Waals surface area contributed by atoms with Crippen LogP contribution in [-0.2, 0) is 10.4 Å². The molecule has 2 saturated heterocycles. The smallest absolute Gasteiger partial charge is 0.382 e. The van der Waals surface area contributed by atoms with Gasteiger partial charge < -0.3 is 25.4 Å². The number of carbonyl (C=O) groups is 1. The van der Waals surface area contributed by atoms with Gasteiger partial charge in [0.15, 0.2) is 11.6 Å². The number of rotatable bonds is 5. The van der Waals surface area contributed by atoms with E-state index in [0.717, 1.165) is 9.79 Å². The lowest BCUT2D eigenvalue weighted by Crippen LogP contribution is -2.45. The van der Waals surface area contributed by atoms with E-state index in [1.54, 1.807) is 11.0 Å². The summed E-state index contributed by atoms with van der Waals surface area (Å²) in [5.74, 6) is -2.17. The number of aromatic nitrogens is 4. The second kappa shape index (κ2) is 11.4. The molecule has 2 aliphatic rings. The minimum atomic E-state index is -5.26. The van der Waals surface area contributed by atoms with Crippen LogP contribution in [0.2, 0.25) is 0 Å². The Morgan fingerprint density at radius 1 is 1.07 bits per heavy atom. The van der Waals surface area contributed by atoms with E-state index < -0.39 is 17.7 Å². The summed E-state index contributed by atoms with van der Waals surface area (Å²) in [6.07, 6.45) is 0.303. The number of alkyl halides is 3. The first-order valence-corrected chi connectivity index (χ1v) is 13.0. The van der Waals surface area contributed by atoms with Crippen molar-refractivity contribution in [1.82, 2.24) is 30.1 Å². The van der Waals surface area contributed by atoms with Gasteiger partial charge in [0, 0.05) is 69.0 Å². The molecule has 3 aromatic heterocycles. The van der Waals surface area contributed by atoms with Crippen molar-refractivity contribution < 1.29 is 33.1 Å². The first-order chi connectivity index (χ1) is 19.6. The molecule has 0 aromatic carbocycles. The summed E-state index contributed by atoms with van der Waals surface area (Å²) in [6.45, 7) is 2.53. The molecule has 15 heteroatoms. The minimum absolute atomic E-state index is 0.0426. The zero-order chi connectivity index (χ0) is 29.2. The van der Waals surface area contributed by atoms with Gasteiger partial charge in [0.1, 0.15) is 11.7 Å². The quantitative estimate of drug-likeness (QED) is 0.411. The van der Waals surface area contributed by atoms with Crippen LogP contribution in [0, 0.1) is 11.3 Å². The number of hydrogen-bond donors (Lipinski definition) is 3. The van der Waals surface area contributed by atoms with Crippen LogP contribution < -0.4 is 15.1 Å². The molecule has 5 rings (SSSR count). The largest absolute Gasteiger partial charge is 0.493 e. The first-order valence-electron chi connectivity index (χ1n) is 13.0. The van der Waals surface area contributed by atoms with Crippen molar-refractivity contribution in [3.63, 3.8) is 0 Å². The number of pyridine rings is 1. The monoisotopic (exact) mass is 572 g/mol. The van der Waals surface area contributed by atoms with Gasteiger partial charge in [-0.25, -0.2) is 14.8 Å². The molecule has 2 aliphatic heterocycles. The zero-order valence-electron chi connectivity index (χ0n) is 21.8. The van der Waals surface area contributed by atoms with E-state index >= 15 is 0 Å². The standard InChI is InChI=1S/C26H27F3N8O4/c27-26(28,29)24(38)41-37-21(13-18(14-30)22(37)35-10-6-31-7-11-35)17-2-5-32-20(12-17)19-15-33-23(34-16-19)25(39)3-1-8-36(40)9-4-25/h2,5,12-13,15-16,31,39-40H,1,3-4,6-11H2. The van der Waals surface area contributed by atoms with E-state index in [1.165, 1.54) is 30.7 Å². The molecule has 0 radical (unpaired) electrons. The lowest BCUT2D eigenvalue weighted by atomic mass is 9.94. The van der Waals surface area contributed by atoms with Crippen molar-refractivity contribution in [2.24, 2.45) is 0 Å². The average molecular weight is 573 g/mol. The van der Waals surface area contributed by atoms with Crippen LogP contribution in [0.5, 0.6) is 0 Å². The number of nitrogens with zero attached hydrogens (tertiary/aromatic N) is 7. The summed E-state index contributed by atoms with van der Waals surface area (Å²) in [6, 6.07) is 6.43. The van der Waals surface area contributed by atoms with Crippen LogP contribution in [0.3, 0.4) is 0 Å². The van der Waals surface area contributed by atoms with E-state index in [4.69, 9.17) is 4.84 Å². The Bertz CT molecular complexity index is 1450. The normalized spacial score (nSPS) is 20.3. The molecule has 0 saturated carbocycles. The molecule has 5 heterocycles. The molecule has 0 amide bonds. The minimum Gasteiger partial charge on any atom is -0.382 e. The molecule has 2 fully saturated rings. The van der Waals surface area contributed by atoms with Crippen LogP contribution in [0.15, 0.2) is 36.8 Å². The van der Waals surface area contributed by atoms with Gasteiger partial charge in [-0.3, -0.25) is 4.98 Å². The van der Waals surface area contributed by atoms with E-state index in [0.29, 0.717) is 62.4 Å². The van der Waals surface area contributed by atoms with Crippen molar-refractivity contribution in [3.05, 3.63) is 48.2 Å². The van der Waals surface area contributed by atoms with Crippen molar-refractivity contribution in [2.45, 2.75) is 31.0 Å². The van der Waals surface area contributed by atoms with Crippen LogP contribution in [-0.4, -0.2) is 86.5 Å². The Labute approximate surface area is 232 Å². The summed E-state index contributed by atoms with van der Waals surface area (Å²) in [4.78, 5) is 31.4. The van der Waals surface area contributed by atoms with Gasteiger partial charge >= 0.3 is 12.1 Å². The summed E-state index contributed by atoms with van der Waals surface area (Å²) in [5, 5.41) is 34.9. The lowest BCUT2D eigenvalue weighted by molar-refractivity contribution is -0.199. The van der Waals surface area contributed by atoms with Crippen LogP contribution in [0.4, 0.5) is 19.0 Å². The maximum Gasteiger partial charge on any atom is 0.493 e. The topological polar surface area (TPSA) is 153 Å². The fraction of sp³-hybridized carbons (Fsp3) is 0.423. The predicted molar refractivity (Wildman–Crippen MR) is 137 cm³/mol. The van der Waals surface area contributed by atoms with Gasteiger partial charge in [0.25, 0.3) is 0 Å². The van der Waals surface area contributed by atoms with Crippen LogP contribution in [0.25, 0.3) is 22.5 Å². The third kappa shape index (κ3) is 6.00. The van der Waals surface area contributed by atoms with Gasteiger partial charge in [0.2, 0.25) is 0 Å². The molecule has 41 heavy (non-hydrogen) atoms. The highest BCUT2D eigenvalue weighted by Gasteiger charge is 2.43. The first kappa shape index (κ1) is 28.4. The van der Waals surface area contributed by atoms with E-state index in [2.05, 4.69) is 20.3 Å². The Morgan fingerprint density at radius 2 is 1.80 bits per heavy atom. The number of nitriles is 1.